The van der Waals surface area contributed by atoms with Gasteiger partial charge in [0.15, 0.2) is 5.65 Å². The Morgan fingerprint density at radius 1 is 1.17 bits per heavy atom. The van der Waals surface area contributed by atoms with Crippen LogP contribution in [0, 0.1) is 6.92 Å². The number of amides is 1. The van der Waals surface area contributed by atoms with Crippen molar-refractivity contribution in [1.29, 1.82) is 0 Å². The molecule has 1 amide bonds. The van der Waals surface area contributed by atoms with Gasteiger partial charge in [-0.15, -0.1) is 0 Å². The minimum absolute atomic E-state index is 0.135. The summed E-state index contributed by atoms with van der Waals surface area (Å²) in [6, 6.07) is 14.9. The molecule has 0 radical (unpaired) electrons. The van der Waals surface area contributed by atoms with Crippen molar-refractivity contribution < 1.29 is 9.53 Å². The largest absolute Gasteiger partial charge is 0.497 e. The highest BCUT2D eigenvalue weighted by molar-refractivity contribution is 5.90. The Balaban J connectivity index is 1.49. The fraction of sp³-hybridized carbons (Fsp3) is 0.182. The van der Waals surface area contributed by atoms with Crippen LogP contribution in [0.2, 0.25) is 0 Å². The number of rotatable bonds is 6. The molecule has 0 fully saturated rings. The highest BCUT2D eigenvalue weighted by Crippen LogP contribution is 2.17. The molecule has 4 aromatic rings. The van der Waals surface area contributed by atoms with Crippen LogP contribution in [-0.4, -0.2) is 32.3 Å². The second-order valence-corrected chi connectivity index (χ2v) is 6.90. The van der Waals surface area contributed by atoms with E-state index in [-0.39, 0.29) is 24.4 Å². The van der Waals surface area contributed by atoms with E-state index in [1.807, 2.05) is 31.2 Å². The van der Waals surface area contributed by atoms with Crippen molar-refractivity contribution in [3.63, 3.8) is 0 Å². The van der Waals surface area contributed by atoms with Gasteiger partial charge >= 0.3 is 0 Å². The van der Waals surface area contributed by atoms with Crippen LogP contribution in [-0.2, 0) is 11.3 Å². The lowest BCUT2D eigenvalue weighted by molar-refractivity contribution is -0.116. The van der Waals surface area contributed by atoms with E-state index < -0.39 is 0 Å². The predicted molar refractivity (Wildman–Crippen MR) is 114 cm³/mol. The Labute approximate surface area is 172 Å². The number of benzene rings is 2. The van der Waals surface area contributed by atoms with E-state index in [4.69, 9.17) is 4.74 Å². The first-order valence-corrected chi connectivity index (χ1v) is 9.49. The zero-order valence-corrected chi connectivity index (χ0v) is 16.7. The van der Waals surface area contributed by atoms with E-state index in [1.165, 1.54) is 17.1 Å². The first kappa shape index (κ1) is 19.4. The van der Waals surface area contributed by atoms with Gasteiger partial charge in [0.1, 0.15) is 11.1 Å². The summed E-state index contributed by atoms with van der Waals surface area (Å²) in [7, 11) is 1.57. The molecule has 0 aliphatic carbocycles. The normalized spacial score (nSPS) is 10.9. The topological polar surface area (TPSA) is 91.0 Å². The summed E-state index contributed by atoms with van der Waals surface area (Å²) in [5.74, 6) is 0.454. The SMILES string of the molecule is COc1cccc(NC(=O)CCn2cnc3c(cnn3-c3ccc(C)cc3)c2=O)c1. The summed E-state index contributed by atoms with van der Waals surface area (Å²) in [5, 5.41) is 7.53. The van der Waals surface area contributed by atoms with Gasteiger partial charge in [-0.3, -0.25) is 14.2 Å². The maximum atomic E-state index is 12.8. The Hall–Kier alpha value is -3.94. The molecular weight excluding hydrogens is 382 g/mol. The van der Waals surface area contributed by atoms with Gasteiger partial charge in [0.05, 0.1) is 25.3 Å². The van der Waals surface area contributed by atoms with E-state index in [0.717, 1.165) is 11.3 Å². The number of carbonyl (C=O) groups excluding carboxylic acids is 1. The number of nitrogens with one attached hydrogen (secondary N) is 1. The lowest BCUT2D eigenvalue weighted by atomic mass is 10.2. The highest BCUT2D eigenvalue weighted by Gasteiger charge is 2.12. The van der Waals surface area contributed by atoms with Gasteiger partial charge in [-0.2, -0.15) is 5.10 Å². The number of fused-ring (bicyclic) bond motifs is 1. The molecule has 1 N–H and O–H groups in total. The van der Waals surface area contributed by atoms with E-state index in [1.54, 1.807) is 36.1 Å². The number of aromatic nitrogens is 4. The molecule has 4 rings (SSSR count). The Morgan fingerprint density at radius 3 is 2.73 bits per heavy atom. The van der Waals surface area contributed by atoms with Gasteiger partial charge in [-0.05, 0) is 31.2 Å². The molecule has 2 aromatic carbocycles. The first-order chi connectivity index (χ1) is 14.5. The fourth-order valence-corrected chi connectivity index (χ4v) is 3.13. The van der Waals surface area contributed by atoms with Gasteiger partial charge < -0.3 is 10.1 Å². The minimum atomic E-state index is -0.229. The van der Waals surface area contributed by atoms with Crippen molar-refractivity contribution >= 4 is 22.6 Å². The maximum absolute atomic E-state index is 12.8. The maximum Gasteiger partial charge on any atom is 0.264 e. The average Bonchev–Trinajstić information content (AvgIpc) is 3.19. The summed E-state index contributed by atoms with van der Waals surface area (Å²) in [5.41, 5.74) is 2.86. The quantitative estimate of drug-likeness (QED) is 0.535. The molecule has 8 nitrogen and oxygen atoms in total. The number of anilines is 1. The third-order valence-corrected chi connectivity index (χ3v) is 4.77. The molecule has 0 bridgehead atoms. The highest BCUT2D eigenvalue weighted by atomic mass is 16.5. The molecule has 0 unspecified atom stereocenters. The second kappa shape index (κ2) is 8.20. The van der Waals surface area contributed by atoms with Crippen LogP contribution in [0.15, 0.2) is 65.8 Å². The van der Waals surface area contributed by atoms with E-state index in [0.29, 0.717) is 22.5 Å². The zero-order chi connectivity index (χ0) is 21.1. The number of aryl methyl sites for hydroxylation is 2. The molecule has 0 saturated carbocycles. The number of nitrogens with zero attached hydrogens (tertiary/aromatic N) is 4. The van der Waals surface area contributed by atoms with Crippen LogP contribution in [0.5, 0.6) is 5.75 Å². The third-order valence-electron chi connectivity index (χ3n) is 4.77. The van der Waals surface area contributed by atoms with Crippen LogP contribution in [0.25, 0.3) is 16.7 Å². The monoisotopic (exact) mass is 403 g/mol. The molecule has 152 valence electrons. The van der Waals surface area contributed by atoms with Gasteiger partial charge in [-0.1, -0.05) is 23.8 Å². The van der Waals surface area contributed by atoms with Crippen molar-refractivity contribution in [1.82, 2.24) is 19.3 Å². The predicted octanol–water partition coefficient (Wildman–Crippen LogP) is 2.93. The van der Waals surface area contributed by atoms with Gasteiger partial charge in [0.2, 0.25) is 5.91 Å². The van der Waals surface area contributed by atoms with Crippen molar-refractivity contribution in [3.05, 3.63) is 77.0 Å². The van der Waals surface area contributed by atoms with E-state index in [2.05, 4.69) is 15.4 Å². The lowest BCUT2D eigenvalue weighted by Gasteiger charge is -2.08. The summed E-state index contributed by atoms with van der Waals surface area (Å²) in [4.78, 5) is 29.5. The van der Waals surface area contributed by atoms with Crippen LogP contribution in [0.3, 0.4) is 0 Å². The van der Waals surface area contributed by atoms with Crippen molar-refractivity contribution in [3.8, 4) is 11.4 Å². The molecule has 8 heteroatoms. The summed E-state index contributed by atoms with van der Waals surface area (Å²) >= 11 is 0. The molecule has 0 aliphatic rings. The molecule has 2 aromatic heterocycles. The molecule has 0 atom stereocenters. The fourth-order valence-electron chi connectivity index (χ4n) is 3.13. The van der Waals surface area contributed by atoms with E-state index >= 15 is 0 Å². The standard InChI is InChI=1S/C22H21N5O3/c1-15-6-8-17(9-7-15)27-21-19(13-24-27)22(29)26(14-23-21)11-10-20(28)25-16-4-3-5-18(12-16)30-2/h3-9,12-14H,10-11H2,1-2H3,(H,25,28). The summed E-state index contributed by atoms with van der Waals surface area (Å²) < 4.78 is 8.21. The smallest absolute Gasteiger partial charge is 0.264 e. The molecule has 0 saturated heterocycles. The molecular formula is C22H21N5O3. The van der Waals surface area contributed by atoms with Crippen molar-refractivity contribution in [2.75, 3.05) is 12.4 Å². The van der Waals surface area contributed by atoms with Crippen LogP contribution < -0.4 is 15.6 Å². The van der Waals surface area contributed by atoms with Gasteiger partial charge in [-0.25, -0.2) is 9.67 Å². The molecule has 0 aliphatic heterocycles. The Kier molecular flexibility index (Phi) is 5.30. The lowest BCUT2D eigenvalue weighted by Crippen LogP contribution is -2.23. The Morgan fingerprint density at radius 2 is 1.97 bits per heavy atom. The number of hydrogen-bond acceptors (Lipinski definition) is 5. The van der Waals surface area contributed by atoms with Crippen LogP contribution in [0.1, 0.15) is 12.0 Å². The molecule has 2 heterocycles. The van der Waals surface area contributed by atoms with Crippen molar-refractivity contribution in [2.45, 2.75) is 19.9 Å². The van der Waals surface area contributed by atoms with E-state index in [9.17, 15) is 9.59 Å². The second-order valence-electron chi connectivity index (χ2n) is 6.90. The number of carbonyl (C=O) groups is 1. The van der Waals surface area contributed by atoms with Gasteiger partial charge in [0, 0.05) is 24.7 Å². The number of ether oxygens (including phenoxy) is 1. The number of hydrogen-bond donors (Lipinski definition) is 1. The van der Waals surface area contributed by atoms with Crippen molar-refractivity contribution in [2.24, 2.45) is 0 Å². The van der Waals surface area contributed by atoms with Gasteiger partial charge in [0.25, 0.3) is 5.56 Å². The summed E-state index contributed by atoms with van der Waals surface area (Å²) in [6.45, 7) is 2.22. The molecule has 30 heavy (non-hydrogen) atoms. The molecule has 0 spiro atoms. The average molecular weight is 403 g/mol. The third kappa shape index (κ3) is 3.93. The minimum Gasteiger partial charge on any atom is -0.497 e. The number of methoxy groups -OCH3 is 1. The first-order valence-electron chi connectivity index (χ1n) is 9.49. The van der Waals surface area contributed by atoms with Crippen LogP contribution >= 0.6 is 0 Å². The van der Waals surface area contributed by atoms with Crippen LogP contribution in [0.4, 0.5) is 5.69 Å². The Bertz CT molecular complexity index is 1260. The summed E-state index contributed by atoms with van der Waals surface area (Å²) in [6.07, 6.45) is 3.10. The zero-order valence-electron chi connectivity index (χ0n) is 16.7.